The van der Waals surface area contributed by atoms with Crippen LogP contribution in [-0.2, 0) is 4.79 Å². The van der Waals surface area contributed by atoms with Gasteiger partial charge in [-0.2, -0.15) is 5.10 Å². The van der Waals surface area contributed by atoms with Crippen LogP contribution in [0.5, 0.6) is 5.75 Å². The van der Waals surface area contributed by atoms with E-state index in [9.17, 15) is 27.9 Å². The van der Waals surface area contributed by atoms with E-state index in [1.54, 1.807) is 0 Å². The number of hydrogen-bond acceptors (Lipinski definition) is 7. The van der Waals surface area contributed by atoms with Crippen molar-refractivity contribution in [3.8, 4) is 5.75 Å². The first-order valence-electron chi connectivity index (χ1n) is 10.7. The molecule has 2 aliphatic heterocycles. The maximum Gasteiger partial charge on any atom is 0.341 e. The number of likely N-dealkylation sites (tertiary alicyclic amines) is 1. The van der Waals surface area contributed by atoms with Gasteiger partial charge < -0.3 is 20.5 Å². The summed E-state index contributed by atoms with van der Waals surface area (Å²) in [5, 5.41) is 14.5. The molecule has 10 nitrogen and oxygen atoms in total. The number of carboxylic acids is 1. The van der Waals surface area contributed by atoms with E-state index in [2.05, 4.69) is 15.1 Å². The number of urea groups is 1. The van der Waals surface area contributed by atoms with Crippen molar-refractivity contribution in [3.63, 3.8) is 0 Å². The van der Waals surface area contributed by atoms with Crippen LogP contribution < -0.4 is 10.5 Å². The summed E-state index contributed by atoms with van der Waals surface area (Å²) in [7, 11) is 1.34. The van der Waals surface area contributed by atoms with E-state index in [0.29, 0.717) is 6.42 Å². The summed E-state index contributed by atoms with van der Waals surface area (Å²) >= 11 is 0. The molecule has 2 amide bonds. The highest BCUT2D eigenvalue weighted by Crippen LogP contribution is 2.32. The Balaban J connectivity index is 1.42. The van der Waals surface area contributed by atoms with Gasteiger partial charge in [-0.3, -0.25) is 9.98 Å². The van der Waals surface area contributed by atoms with Crippen molar-refractivity contribution in [1.82, 2.24) is 14.9 Å². The second-order valence-electron chi connectivity index (χ2n) is 7.98. The normalized spacial score (nSPS) is 18.4. The van der Waals surface area contributed by atoms with Crippen LogP contribution in [0.25, 0.3) is 0 Å². The number of hydrogen-bond donors (Lipinski definition) is 2. The van der Waals surface area contributed by atoms with E-state index in [4.69, 9.17) is 10.5 Å². The summed E-state index contributed by atoms with van der Waals surface area (Å²) in [5.74, 6) is -3.83. The number of ether oxygens (including phenoxy) is 1. The van der Waals surface area contributed by atoms with Crippen LogP contribution in [0, 0.1) is 17.5 Å². The summed E-state index contributed by atoms with van der Waals surface area (Å²) < 4.78 is 47.3. The fourth-order valence-electron chi connectivity index (χ4n) is 3.90. The number of aliphatic carboxylic acids is 1. The van der Waals surface area contributed by atoms with Gasteiger partial charge in [0.25, 0.3) is 0 Å². The molecule has 188 valence electrons. The molecule has 0 spiro atoms. The SMILES string of the molecule is CN=C(C(=CN)C(=O)O)c1cc(OC2CN(C(=O)N3N=CC[C@H]3c3cc(F)cc(F)c3)C2)c(F)cn1. The Labute approximate surface area is 203 Å². The lowest BCUT2D eigenvalue weighted by molar-refractivity contribution is -0.132. The molecule has 1 fully saturated rings. The van der Waals surface area contributed by atoms with Gasteiger partial charge in [0.05, 0.1) is 36.7 Å². The van der Waals surface area contributed by atoms with Crippen LogP contribution >= 0.6 is 0 Å². The summed E-state index contributed by atoms with van der Waals surface area (Å²) in [6.07, 6.45) is 2.94. The smallest absolute Gasteiger partial charge is 0.341 e. The summed E-state index contributed by atoms with van der Waals surface area (Å²) in [6, 6.07) is 3.10. The number of nitrogens with zero attached hydrogens (tertiary/aromatic N) is 5. The van der Waals surface area contributed by atoms with Crippen molar-refractivity contribution in [2.75, 3.05) is 20.1 Å². The molecule has 36 heavy (non-hydrogen) atoms. The lowest BCUT2D eigenvalue weighted by Crippen LogP contribution is -2.58. The number of carbonyl (C=O) groups is 2. The molecule has 0 bridgehead atoms. The molecule has 1 atom stereocenters. The number of aliphatic imine (C=N–C) groups is 1. The summed E-state index contributed by atoms with van der Waals surface area (Å²) in [4.78, 5) is 33.5. The maximum absolute atomic E-state index is 14.4. The number of rotatable bonds is 6. The molecular weight excluding hydrogens is 481 g/mol. The highest BCUT2D eigenvalue weighted by Gasteiger charge is 2.39. The second-order valence-corrected chi connectivity index (χ2v) is 7.98. The monoisotopic (exact) mass is 502 g/mol. The zero-order valence-electron chi connectivity index (χ0n) is 18.9. The average molecular weight is 502 g/mol. The van der Waals surface area contributed by atoms with E-state index >= 15 is 0 Å². The zero-order valence-corrected chi connectivity index (χ0v) is 18.9. The summed E-state index contributed by atoms with van der Waals surface area (Å²) in [5.41, 5.74) is 5.31. The molecule has 13 heteroatoms. The van der Waals surface area contributed by atoms with Gasteiger partial charge in [-0.1, -0.05) is 0 Å². The van der Waals surface area contributed by atoms with Crippen LogP contribution in [0.2, 0.25) is 0 Å². The molecule has 0 radical (unpaired) electrons. The third-order valence-corrected chi connectivity index (χ3v) is 5.65. The Bertz CT molecular complexity index is 1270. The van der Waals surface area contributed by atoms with Gasteiger partial charge in [-0.25, -0.2) is 27.8 Å². The average Bonchev–Trinajstić information content (AvgIpc) is 3.29. The van der Waals surface area contributed by atoms with Crippen LogP contribution in [0.15, 0.2) is 52.3 Å². The van der Waals surface area contributed by atoms with E-state index in [-0.39, 0.29) is 41.4 Å². The number of halogens is 3. The number of pyridine rings is 1. The number of benzene rings is 1. The van der Waals surface area contributed by atoms with Gasteiger partial charge in [0, 0.05) is 38.0 Å². The highest BCUT2D eigenvalue weighted by atomic mass is 19.1. The van der Waals surface area contributed by atoms with Gasteiger partial charge >= 0.3 is 12.0 Å². The fourth-order valence-corrected chi connectivity index (χ4v) is 3.90. The molecule has 1 aromatic carbocycles. The van der Waals surface area contributed by atoms with Crippen LogP contribution in [0.1, 0.15) is 23.7 Å². The number of carboxylic acid groups (broad SMARTS) is 1. The van der Waals surface area contributed by atoms with Crippen molar-refractivity contribution >= 4 is 23.9 Å². The van der Waals surface area contributed by atoms with Gasteiger partial charge in [0.2, 0.25) is 0 Å². The number of nitrogens with two attached hydrogens (primary N) is 1. The third-order valence-electron chi connectivity index (χ3n) is 5.65. The molecule has 1 aromatic heterocycles. The molecule has 3 heterocycles. The maximum atomic E-state index is 14.4. The number of hydrazone groups is 1. The predicted octanol–water partition coefficient (Wildman–Crippen LogP) is 2.46. The first kappa shape index (κ1) is 24.7. The molecule has 1 saturated heterocycles. The minimum atomic E-state index is -1.33. The molecule has 2 aromatic rings. The van der Waals surface area contributed by atoms with Crippen molar-refractivity contribution in [1.29, 1.82) is 0 Å². The van der Waals surface area contributed by atoms with Gasteiger partial charge in [0.1, 0.15) is 23.3 Å². The fraction of sp³-hybridized carbons (Fsp3) is 0.261. The zero-order chi connectivity index (χ0) is 26.0. The van der Waals surface area contributed by atoms with Crippen molar-refractivity contribution < 1.29 is 32.6 Å². The van der Waals surface area contributed by atoms with Crippen molar-refractivity contribution in [3.05, 3.63) is 70.9 Å². The molecule has 0 aliphatic carbocycles. The van der Waals surface area contributed by atoms with E-state index in [0.717, 1.165) is 35.6 Å². The Morgan fingerprint density at radius 2 is 1.89 bits per heavy atom. The molecule has 3 N–H and O–H groups in total. The Kier molecular flexibility index (Phi) is 6.90. The standard InChI is InChI=1S/C23H21F3N6O4/c1-28-21(16(8-27)22(33)34)18-7-20(17(26)9-29-18)36-15-10-31(11-15)23(35)32-19(2-3-30-32)12-4-13(24)6-14(25)5-12/h3-9,15,19H,2,10-11,27H2,1H3,(H,33,34)/t19-/m0/s1. The summed E-state index contributed by atoms with van der Waals surface area (Å²) in [6.45, 7) is 0.202. The molecule has 4 rings (SSSR count). The number of carbonyl (C=O) groups excluding carboxylic acids is 1. The Hall–Kier alpha value is -4.42. The van der Waals surface area contributed by atoms with Crippen LogP contribution in [0.3, 0.4) is 0 Å². The largest absolute Gasteiger partial charge is 0.483 e. The van der Waals surface area contributed by atoms with Gasteiger partial charge in [0.15, 0.2) is 11.6 Å². The first-order chi connectivity index (χ1) is 17.2. The minimum Gasteiger partial charge on any atom is -0.483 e. The van der Waals surface area contributed by atoms with E-state index in [1.165, 1.54) is 24.2 Å². The minimum absolute atomic E-state index is 0.0387. The lowest BCUT2D eigenvalue weighted by atomic mass is 10.0. The van der Waals surface area contributed by atoms with Gasteiger partial charge in [-0.05, 0) is 17.7 Å². The molecular formula is C23H21F3N6O4. The van der Waals surface area contributed by atoms with Crippen molar-refractivity contribution in [2.45, 2.75) is 18.6 Å². The topological polar surface area (TPSA) is 134 Å². The van der Waals surface area contributed by atoms with Crippen LogP contribution in [0.4, 0.5) is 18.0 Å². The lowest BCUT2D eigenvalue weighted by Gasteiger charge is -2.41. The predicted molar refractivity (Wildman–Crippen MR) is 122 cm³/mol. The molecule has 2 aliphatic rings. The van der Waals surface area contributed by atoms with E-state index < -0.39 is 41.6 Å². The van der Waals surface area contributed by atoms with E-state index in [1.807, 2.05) is 0 Å². The first-order valence-corrected chi connectivity index (χ1v) is 10.7. The molecule has 0 saturated carbocycles. The van der Waals surface area contributed by atoms with Crippen LogP contribution in [-0.4, -0.2) is 70.2 Å². The Morgan fingerprint density at radius 3 is 2.50 bits per heavy atom. The second kappa shape index (κ2) is 10.1. The molecule has 0 unspecified atom stereocenters. The van der Waals surface area contributed by atoms with Gasteiger partial charge in [-0.15, -0.1) is 0 Å². The Morgan fingerprint density at radius 1 is 1.19 bits per heavy atom. The third kappa shape index (κ3) is 4.85. The number of aromatic nitrogens is 1. The highest BCUT2D eigenvalue weighted by molar-refractivity contribution is 6.25. The number of amides is 2. The quantitative estimate of drug-likeness (QED) is 0.461. The van der Waals surface area contributed by atoms with Crippen molar-refractivity contribution in [2.24, 2.45) is 15.8 Å².